The number of likely N-dealkylation sites (tertiary alicyclic amines) is 1. The van der Waals surface area contributed by atoms with E-state index in [4.69, 9.17) is 0 Å². The lowest BCUT2D eigenvalue weighted by atomic mass is 10.2. The standard InChI is InChI=1S/C22H20FN3O4S2/c23-15-7-5-14(6-8-15)13-18-21(29)26(22(30)32-18)11-9-24-19(27)16-3-1-10-25(16)20(28)17-4-2-12-31-17/h2,4-8,12-13,16H,1,3,9-11H2,(H,24,27). The van der Waals surface area contributed by atoms with Gasteiger partial charge in [-0.3, -0.25) is 24.1 Å². The van der Waals surface area contributed by atoms with Crippen LogP contribution in [0.3, 0.4) is 0 Å². The second kappa shape index (κ2) is 9.66. The SMILES string of the molecule is O=C(NCCN1C(=O)SC(=Cc2ccc(F)cc2)C1=O)C1CCCN1C(=O)c1cccs1. The molecule has 2 aliphatic rings. The normalized spacial score (nSPS) is 19.8. The van der Waals surface area contributed by atoms with Gasteiger partial charge in [0.1, 0.15) is 11.9 Å². The van der Waals surface area contributed by atoms with E-state index in [0.717, 1.165) is 23.1 Å². The molecule has 4 rings (SSSR count). The molecule has 32 heavy (non-hydrogen) atoms. The van der Waals surface area contributed by atoms with Gasteiger partial charge >= 0.3 is 0 Å². The molecule has 0 aliphatic carbocycles. The number of thioether (sulfide) groups is 1. The zero-order chi connectivity index (χ0) is 22.7. The van der Waals surface area contributed by atoms with Crippen LogP contribution in [0.4, 0.5) is 9.18 Å². The summed E-state index contributed by atoms with van der Waals surface area (Å²) < 4.78 is 13.0. The molecule has 3 heterocycles. The molecule has 1 aromatic carbocycles. The highest BCUT2D eigenvalue weighted by Crippen LogP contribution is 2.32. The van der Waals surface area contributed by atoms with Gasteiger partial charge in [-0.05, 0) is 59.8 Å². The molecule has 10 heteroatoms. The van der Waals surface area contributed by atoms with Crippen molar-refractivity contribution in [2.45, 2.75) is 18.9 Å². The third-order valence-electron chi connectivity index (χ3n) is 5.22. The van der Waals surface area contributed by atoms with E-state index in [1.807, 2.05) is 5.38 Å². The van der Waals surface area contributed by atoms with Crippen LogP contribution in [0.1, 0.15) is 28.1 Å². The number of imide groups is 1. The number of benzene rings is 1. The molecule has 1 N–H and O–H groups in total. The maximum Gasteiger partial charge on any atom is 0.293 e. The molecular formula is C22H20FN3O4S2. The molecule has 1 atom stereocenters. The number of thiophene rings is 1. The maximum atomic E-state index is 13.0. The van der Waals surface area contributed by atoms with Crippen molar-refractivity contribution < 1.29 is 23.6 Å². The van der Waals surface area contributed by atoms with Crippen LogP contribution in [0, 0.1) is 5.82 Å². The molecule has 2 aromatic rings. The van der Waals surface area contributed by atoms with Crippen LogP contribution in [0.2, 0.25) is 0 Å². The number of carbonyl (C=O) groups is 4. The summed E-state index contributed by atoms with van der Waals surface area (Å²) in [6, 6.07) is 8.58. The van der Waals surface area contributed by atoms with Gasteiger partial charge in [0.2, 0.25) is 5.91 Å². The van der Waals surface area contributed by atoms with Crippen molar-refractivity contribution in [3.05, 3.63) is 62.9 Å². The molecule has 4 amide bonds. The fourth-order valence-electron chi connectivity index (χ4n) is 3.64. The van der Waals surface area contributed by atoms with E-state index in [-0.39, 0.29) is 35.6 Å². The van der Waals surface area contributed by atoms with Gasteiger partial charge in [0.05, 0.1) is 9.78 Å². The van der Waals surface area contributed by atoms with Crippen molar-refractivity contribution in [1.82, 2.24) is 15.1 Å². The van der Waals surface area contributed by atoms with Crippen molar-refractivity contribution in [1.29, 1.82) is 0 Å². The predicted molar refractivity (Wildman–Crippen MR) is 120 cm³/mol. The summed E-state index contributed by atoms with van der Waals surface area (Å²) in [5, 5.41) is 4.14. The van der Waals surface area contributed by atoms with Crippen LogP contribution in [0.25, 0.3) is 6.08 Å². The van der Waals surface area contributed by atoms with Crippen LogP contribution in [0.5, 0.6) is 0 Å². The smallest absolute Gasteiger partial charge is 0.293 e. The Morgan fingerprint density at radius 1 is 1.19 bits per heavy atom. The summed E-state index contributed by atoms with van der Waals surface area (Å²) >= 11 is 2.15. The van der Waals surface area contributed by atoms with E-state index in [1.165, 1.54) is 41.7 Å². The Labute approximate surface area is 192 Å². The summed E-state index contributed by atoms with van der Waals surface area (Å²) in [4.78, 5) is 53.6. The lowest BCUT2D eigenvalue weighted by Gasteiger charge is -2.23. The molecule has 0 spiro atoms. The summed E-state index contributed by atoms with van der Waals surface area (Å²) in [6.45, 7) is 0.646. The van der Waals surface area contributed by atoms with Gasteiger partial charge in [0.15, 0.2) is 0 Å². The van der Waals surface area contributed by atoms with Gasteiger partial charge in [0, 0.05) is 19.6 Å². The molecule has 2 fully saturated rings. The molecule has 2 saturated heterocycles. The van der Waals surface area contributed by atoms with Gasteiger partial charge in [-0.1, -0.05) is 18.2 Å². The van der Waals surface area contributed by atoms with E-state index in [2.05, 4.69) is 5.32 Å². The Bertz CT molecular complexity index is 1070. The minimum atomic E-state index is -0.558. The Hall–Kier alpha value is -2.98. The number of amides is 4. The molecule has 2 aliphatic heterocycles. The van der Waals surface area contributed by atoms with Gasteiger partial charge in [0.25, 0.3) is 17.1 Å². The van der Waals surface area contributed by atoms with E-state index in [9.17, 15) is 23.6 Å². The van der Waals surface area contributed by atoms with Crippen LogP contribution >= 0.6 is 23.1 Å². The van der Waals surface area contributed by atoms with Crippen molar-refractivity contribution >= 4 is 52.1 Å². The monoisotopic (exact) mass is 473 g/mol. The quantitative estimate of drug-likeness (QED) is 0.651. The first-order valence-corrected chi connectivity index (χ1v) is 11.8. The third-order valence-corrected chi connectivity index (χ3v) is 6.99. The molecule has 1 aromatic heterocycles. The van der Waals surface area contributed by atoms with Crippen molar-refractivity contribution in [3.63, 3.8) is 0 Å². The Balaban J connectivity index is 1.32. The summed E-state index contributed by atoms with van der Waals surface area (Å²) in [7, 11) is 0. The summed E-state index contributed by atoms with van der Waals surface area (Å²) in [5.41, 5.74) is 0.613. The maximum absolute atomic E-state index is 13.0. The van der Waals surface area contributed by atoms with Crippen LogP contribution in [0.15, 0.2) is 46.7 Å². The number of nitrogens with zero attached hydrogens (tertiary/aromatic N) is 2. The lowest BCUT2D eigenvalue weighted by molar-refractivity contribution is -0.126. The number of carbonyl (C=O) groups excluding carboxylic acids is 4. The topological polar surface area (TPSA) is 86.8 Å². The molecular weight excluding hydrogens is 453 g/mol. The van der Waals surface area contributed by atoms with Crippen molar-refractivity contribution in [2.24, 2.45) is 0 Å². The first-order chi connectivity index (χ1) is 15.4. The highest BCUT2D eigenvalue weighted by atomic mass is 32.2. The first kappa shape index (κ1) is 22.2. The third kappa shape index (κ3) is 4.76. The molecule has 166 valence electrons. The van der Waals surface area contributed by atoms with Crippen LogP contribution in [-0.2, 0) is 9.59 Å². The second-order valence-electron chi connectivity index (χ2n) is 7.31. The highest BCUT2D eigenvalue weighted by Gasteiger charge is 2.36. The Morgan fingerprint density at radius 2 is 1.97 bits per heavy atom. The lowest BCUT2D eigenvalue weighted by Crippen LogP contribution is -2.47. The number of hydrogen-bond donors (Lipinski definition) is 1. The number of halogens is 1. The number of hydrogen-bond acceptors (Lipinski definition) is 6. The number of rotatable bonds is 6. The minimum Gasteiger partial charge on any atom is -0.353 e. The molecule has 7 nitrogen and oxygen atoms in total. The Morgan fingerprint density at radius 3 is 2.69 bits per heavy atom. The average Bonchev–Trinajstić information content (AvgIpc) is 3.53. The van der Waals surface area contributed by atoms with Gasteiger partial charge in [-0.15, -0.1) is 11.3 Å². The fourth-order valence-corrected chi connectivity index (χ4v) is 5.18. The van der Waals surface area contributed by atoms with Gasteiger partial charge in [-0.25, -0.2) is 4.39 Å². The zero-order valence-electron chi connectivity index (χ0n) is 17.0. The van der Waals surface area contributed by atoms with Crippen molar-refractivity contribution in [2.75, 3.05) is 19.6 Å². The molecule has 0 radical (unpaired) electrons. The van der Waals surface area contributed by atoms with Crippen LogP contribution in [-0.4, -0.2) is 58.4 Å². The van der Waals surface area contributed by atoms with E-state index >= 15 is 0 Å². The largest absolute Gasteiger partial charge is 0.353 e. The first-order valence-electron chi connectivity index (χ1n) is 10.1. The fraction of sp³-hybridized carbons (Fsp3) is 0.273. The molecule has 1 unspecified atom stereocenters. The minimum absolute atomic E-state index is 0.0305. The molecule has 0 bridgehead atoms. The van der Waals surface area contributed by atoms with Crippen LogP contribution < -0.4 is 5.32 Å². The van der Waals surface area contributed by atoms with E-state index in [1.54, 1.807) is 17.0 Å². The van der Waals surface area contributed by atoms with Crippen molar-refractivity contribution in [3.8, 4) is 0 Å². The van der Waals surface area contributed by atoms with Gasteiger partial charge in [-0.2, -0.15) is 0 Å². The van der Waals surface area contributed by atoms with Gasteiger partial charge < -0.3 is 10.2 Å². The summed E-state index contributed by atoms with van der Waals surface area (Å²) in [6.07, 6.45) is 2.85. The van der Waals surface area contributed by atoms with E-state index < -0.39 is 17.2 Å². The Kier molecular flexibility index (Phi) is 6.71. The molecule has 0 saturated carbocycles. The number of nitrogens with one attached hydrogen (secondary N) is 1. The zero-order valence-corrected chi connectivity index (χ0v) is 18.6. The average molecular weight is 474 g/mol. The van der Waals surface area contributed by atoms with E-state index in [0.29, 0.717) is 23.4 Å². The summed E-state index contributed by atoms with van der Waals surface area (Å²) in [5.74, 6) is -1.28. The highest BCUT2D eigenvalue weighted by molar-refractivity contribution is 8.18. The second-order valence-corrected chi connectivity index (χ2v) is 9.25. The predicted octanol–water partition coefficient (Wildman–Crippen LogP) is 3.34.